The molecule has 80 heavy (non-hydrogen) atoms. The number of hydrogen-bond donors (Lipinski definition) is 0. The molecular weight excluding hydrogens is 993 g/mol. The minimum Gasteiger partial charge on any atom is -0.325 e. The van der Waals surface area contributed by atoms with Gasteiger partial charge < -0.3 is 4.84 Å². The zero-order valence-electron chi connectivity index (χ0n) is 47.5. The van der Waals surface area contributed by atoms with Crippen LogP contribution in [0.25, 0.3) is 0 Å². The van der Waals surface area contributed by atoms with Crippen LogP contribution in [-0.2, 0) is 88.3 Å². The number of imide groups is 2. The van der Waals surface area contributed by atoms with E-state index in [0.29, 0.717) is 23.6 Å². The fraction of sp³-hybridized carbons (Fsp3) is 0.296. The smallest absolute Gasteiger partial charge is 0.325 e. The number of benzene rings is 7. The Morgan fingerprint density at radius 2 is 0.787 bits per heavy atom. The molecule has 4 amide bonds. The van der Waals surface area contributed by atoms with Crippen molar-refractivity contribution in [1.82, 2.24) is 9.96 Å². The molecule has 9 nitrogen and oxygen atoms in total. The molecule has 0 aromatic heterocycles. The predicted molar refractivity (Wildman–Crippen MR) is 318 cm³/mol. The molecule has 1 fully saturated rings. The topological polar surface area (TPSA) is 118 Å². The van der Waals surface area contributed by atoms with Crippen molar-refractivity contribution >= 4 is 35.4 Å². The Morgan fingerprint density at radius 1 is 0.412 bits per heavy atom. The Balaban J connectivity index is 0.000000174. The lowest BCUT2D eigenvalue weighted by atomic mass is 9.93. The molecule has 2 aliphatic heterocycles. The number of hydroxylamine groups is 2. The molecule has 2 heterocycles. The van der Waals surface area contributed by atoms with Crippen molar-refractivity contribution in [3.05, 3.63) is 259 Å². The van der Waals surface area contributed by atoms with E-state index in [4.69, 9.17) is 4.84 Å². The summed E-state index contributed by atoms with van der Waals surface area (Å²) in [7, 11) is 0. The third-order valence-corrected chi connectivity index (χ3v) is 14.5. The van der Waals surface area contributed by atoms with E-state index < -0.39 is 17.8 Å². The fourth-order valence-corrected chi connectivity index (χ4v) is 9.98. The maximum atomic E-state index is 12.9. The van der Waals surface area contributed by atoms with E-state index in [0.717, 1.165) is 109 Å². The molecule has 7 aromatic rings. The van der Waals surface area contributed by atoms with Gasteiger partial charge in [0.2, 0.25) is 0 Å². The first-order valence-electron chi connectivity index (χ1n) is 28.4. The highest BCUT2D eigenvalue weighted by atomic mass is 16.7. The maximum absolute atomic E-state index is 12.9. The van der Waals surface area contributed by atoms with Gasteiger partial charge in [0.05, 0.1) is 12.1 Å². The van der Waals surface area contributed by atoms with Crippen LogP contribution in [0.3, 0.4) is 0 Å². The third kappa shape index (κ3) is 17.1. The van der Waals surface area contributed by atoms with Gasteiger partial charge >= 0.3 is 5.97 Å². The molecule has 9 heteroatoms. The Kier molecular flexibility index (Phi) is 22.0. The first-order chi connectivity index (χ1) is 38.7. The summed E-state index contributed by atoms with van der Waals surface area (Å²) in [4.78, 5) is 79.2. The van der Waals surface area contributed by atoms with Crippen molar-refractivity contribution in [3.63, 3.8) is 0 Å². The summed E-state index contributed by atoms with van der Waals surface area (Å²) < 4.78 is 0. The minimum absolute atomic E-state index is 0.0841. The van der Waals surface area contributed by atoms with Gasteiger partial charge in [-0.2, -0.15) is 0 Å². The first kappa shape index (κ1) is 59.4. The number of rotatable bonds is 21. The Bertz CT molecular complexity index is 3250. The van der Waals surface area contributed by atoms with Crippen LogP contribution in [0.2, 0.25) is 0 Å². The highest BCUT2D eigenvalue weighted by molar-refractivity contribution is 6.13. The van der Waals surface area contributed by atoms with Crippen molar-refractivity contribution < 1.29 is 33.6 Å². The molecular formula is C71H76N2O7. The standard InChI is InChI=1S/C25H26O.C23H25NO4.C23H25NO2/c1-3-7-20-11-13-21(14-12-20)15-17-22-16-10-19(2)18-24(22)25(26)23-8-5-4-6-9-23;1-3-4-17-6-8-18(9-7-17)10-12-19-11-5-16(2)15-20(19)23(27)28-24-21(25)13-14-22(24)26;1-3-4-18-6-8-19(9-7-18)10-12-20-11-5-17(2)15-21(20)16-24-22(25)13-14-23(24)26/h4-6,8-14,16,18H,3,7,15,17H2,1-2H3;5-9,11,15H,3-4,10,12-14H2,1-2H3;5-9,11,13-15H,3-4,10,12,16H2,1-2H3. The van der Waals surface area contributed by atoms with Crippen LogP contribution in [0.1, 0.15) is 151 Å². The van der Waals surface area contributed by atoms with Gasteiger partial charge in [-0.05, 0) is 146 Å². The molecule has 2 aliphatic rings. The molecule has 0 N–H and O–H groups in total. The van der Waals surface area contributed by atoms with E-state index in [1.807, 2.05) is 69.3 Å². The number of ketones is 1. The van der Waals surface area contributed by atoms with Crippen LogP contribution in [0.15, 0.2) is 170 Å². The van der Waals surface area contributed by atoms with Gasteiger partial charge in [-0.25, -0.2) is 4.79 Å². The zero-order valence-corrected chi connectivity index (χ0v) is 47.5. The summed E-state index contributed by atoms with van der Waals surface area (Å²) in [5, 5.41) is 0.598. The molecule has 0 aliphatic carbocycles. The lowest BCUT2D eigenvalue weighted by Gasteiger charge is -2.17. The molecule has 0 saturated carbocycles. The second kappa shape index (κ2) is 29.6. The van der Waals surface area contributed by atoms with Gasteiger partial charge in [0.1, 0.15) is 0 Å². The van der Waals surface area contributed by atoms with Gasteiger partial charge in [-0.1, -0.05) is 202 Å². The molecule has 7 aromatic carbocycles. The summed E-state index contributed by atoms with van der Waals surface area (Å²) in [6.45, 7) is 12.9. The van der Waals surface area contributed by atoms with Gasteiger partial charge in [-0.3, -0.25) is 28.9 Å². The van der Waals surface area contributed by atoms with Crippen molar-refractivity contribution in [2.24, 2.45) is 0 Å². The lowest BCUT2D eigenvalue weighted by Crippen LogP contribution is -2.32. The summed E-state index contributed by atoms with van der Waals surface area (Å²) in [6, 6.07) is 53.9. The SMILES string of the molecule is CCCc1ccc(CCc2ccc(C)cc2C(=O)ON2C(=O)CCC2=O)cc1.CCCc1ccc(CCc2ccc(C)cc2C(=O)c2ccccc2)cc1.CCCc1ccc(CCc2ccc(C)cc2CN2C(=O)C=CC2=O)cc1. The molecule has 0 atom stereocenters. The van der Waals surface area contributed by atoms with Crippen molar-refractivity contribution in [2.75, 3.05) is 0 Å². The molecule has 0 unspecified atom stereocenters. The summed E-state index contributed by atoms with van der Waals surface area (Å²) in [6.07, 6.45) is 14.8. The molecule has 1 saturated heterocycles. The predicted octanol–water partition coefficient (Wildman–Crippen LogP) is 14.1. The number of carbonyl (C=O) groups excluding carboxylic acids is 6. The van der Waals surface area contributed by atoms with E-state index in [-0.39, 0.29) is 30.4 Å². The van der Waals surface area contributed by atoms with Crippen LogP contribution in [0.5, 0.6) is 0 Å². The summed E-state index contributed by atoms with van der Waals surface area (Å²) in [5.74, 6) is -1.95. The van der Waals surface area contributed by atoms with Gasteiger partial charge in [0.25, 0.3) is 23.6 Å². The number of nitrogens with zero attached hydrogens (tertiary/aromatic N) is 2. The number of hydrogen-bond acceptors (Lipinski definition) is 7. The van der Waals surface area contributed by atoms with E-state index in [9.17, 15) is 28.8 Å². The molecule has 0 spiro atoms. The van der Waals surface area contributed by atoms with Crippen LogP contribution in [0, 0.1) is 20.8 Å². The summed E-state index contributed by atoms with van der Waals surface area (Å²) in [5.41, 5.74) is 17.3. The maximum Gasteiger partial charge on any atom is 0.364 e. The van der Waals surface area contributed by atoms with Crippen molar-refractivity contribution in [2.45, 2.75) is 138 Å². The van der Waals surface area contributed by atoms with E-state index >= 15 is 0 Å². The Labute approximate surface area is 473 Å². The second-order valence-corrected chi connectivity index (χ2v) is 21.0. The number of aryl methyl sites for hydroxylation is 12. The van der Waals surface area contributed by atoms with E-state index in [1.165, 1.54) is 62.4 Å². The average molecular weight is 1070 g/mol. The van der Waals surface area contributed by atoms with E-state index in [2.05, 4.69) is 124 Å². The highest BCUT2D eigenvalue weighted by Crippen LogP contribution is 2.23. The zero-order chi connectivity index (χ0) is 57.0. The molecule has 0 bridgehead atoms. The lowest BCUT2D eigenvalue weighted by molar-refractivity contribution is -0.172. The van der Waals surface area contributed by atoms with E-state index in [1.54, 1.807) is 6.07 Å². The monoisotopic (exact) mass is 1070 g/mol. The Morgan fingerprint density at radius 3 is 1.23 bits per heavy atom. The van der Waals surface area contributed by atoms with Crippen molar-refractivity contribution in [1.29, 1.82) is 0 Å². The second-order valence-electron chi connectivity index (χ2n) is 21.0. The molecule has 9 rings (SSSR count). The molecule has 412 valence electrons. The van der Waals surface area contributed by atoms with Crippen LogP contribution < -0.4 is 0 Å². The average Bonchev–Trinajstić information content (AvgIpc) is 3.96. The quantitative estimate of drug-likeness (QED) is 0.0519. The van der Waals surface area contributed by atoms with Crippen LogP contribution >= 0.6 is 0 Å². The van der Waals surface area contributed by atoms with Crippen LogP contribution in [-0.4, -0.2) is 45.3 Å². The van der Waals surface area contributed by atoms with Gasteiger partial charge in [0, 0.05) is 36.1 Å². The number of carbonyl (C=O) groups is 6. The van der Waals surface area contributed by atoms with Gasteiger partial charge in [-0.15, -0.1) is 5.06 Å². The largest absolute Gasteiger partial charge is 0.364 e. The summed E-state index contributed by atoms with van der Waals surface area (Å²) >= 11 is 0. The minimum atomic E-state index is -0.666. The fourth-order valence-electron chi connectivity index (χ4n) is 9.98. The number of amides is 4. The molecule has 0 radical (unpaired) electrons. The first-order valence-corrected chi connectivity index (χ1v) is 28.4. The normalized spacial score (nSPS) is 12.8. The van der Waals surface area contributed by atoms with Gasteiger partial charge in [0.15, 0.2) is 5.78 Å². The van der Waals surface area contributed by atoms with Crippen molar-refractivity contribution in [3.8, 4) is 0 Å². The third-order valence-electron chi connectivity index (χ3n) is 14.5. The highest BCUT2D eigenvalue weighted by Gasteiger charge is 2.33. The Hall–Kier alpha value is -8.30. The van der Waals surface area contributed by atoms with Crippen LogP contribution in [0.4, 0.5) is 0 Å².